The molecular weight excluding hydrogens is 461 g/mol. The van der Waals surface area contributed by atoms with Gasteiger partial charge in [0, 0.05) is 30.1 Å². The quantitative estimate of drug-likeness (QED) is 0.356. The molecule has 11 heteroatoms. The topological polar surface area (TPSA) is 111 Å². The van der Waals surface area contributed by atoms with E-state index in [4.69, 9.17) is 10.5 Å². The summed E-state index contributed by atoms with van der Waals surface area (Å²) in [4.78, 5) is 12.0. The van der Waals surface area contributed by atoms with Gasteiger partial charge in [-0.1, -0.05) is 0 Å². The lowest BCUT2D eigenvalue weighted by Gasteiger charge is -2.19. The highest BCUT2D eigenvalue weighted by Crippen LogP contribution is 2.38. The van der Waals surface area contributed by atoms with Crippen LogP contribution in [0.2, 0.25) is 0 Å². The maximum Gasteiger partial charge on any atom is 0.433 e. The zero-order valence-corrected chi connectivity index (χ0v) is 18.8. The summed E-state index contributed by atoms with van der Waals surface area (Å²) in [6, 6.07) is 7.78. The van der Waals surface area contributed by atoms with Gasteiger partial charge in [-0.15, -0.1) is 0 Å². The van der Waals surface area contributed by atoms with Crippen molar-refractivity contribution in [2.24, 2.45) is 0 Å². The van der Waals surface area contributed by atoms with Crippen molar-refractivity contribution < 1.29 is 23.0 Å². The lowest BCUT2D eigenvalue weighted by atomic mass is 10.1. The first-order valence-electron chi connectivity index (χ1n) is 11.0. The van der Waals surface area contributed by atoms with Gasteiger partial charge in [-0.3, -0.25) is 4.98 Å². The molecule has 0 saturated carbocycles. The molecule has 0 bridgehead atoms. The van der Waals surface area contributed by atoms with Crippen LogP contribution in [0.15, 0.2) is 42.9 Å². The van der Waals surface area contributed by atoms with Crippen LogP contribution in [0, 0.1) is 0 Å². The van der Waals surface area contributed by atoms with E-state index in [1.165, 1.54) is 25.1 Å². The van der Waals surface area contributed by atoms with Gasteiger partial charge in [0.2, 0.25) is 0 Å². The van der Waals surface area contributed by atoms with Crippen LogP contribution in [0.1, 0.15) is 28.9 Å². The Bertz CT molecular complexity index is 1400. The Hall–Kier alpha value is -3.86. The second-order valence-corrected chi connectivity index (χ2v) is 8.37. The second-order valence-electron chi connectivity index (χ2n) is 8.37. The fourth-order valence-electron chi connectivity index (χ4n) is 4.63. The lowest BCUT2D eigenvalue weighted by Crippen LogP contribution is -2.22. The molecule has 0 aliphatic heterocycles. The summed E-state index contributed by atoms with van der Waals surface area (Å²) in [5, 5.41) is 13.4. The molecule has 35 heavy (non-hydrogen) atoms. The predicted molar refractivity (Wildman–Crippen MR) is 124 cm³/mol. The van der Waals surface area contributed by atoms with Crippen LogP contribution in [0.3, 0.4) is 0 Å². The number of halogens is 3. The Labute approximate surface area is 198 Å². The van der Waals surface area contributed by atoms with E-state index in [1.807, 2.05) is 16.7 Å². The maximum absolute atomic E-state index is 12.9. The van der Waals surface area contributed by atoms with Crippen LogP contribution >= 0.6 is 0 Å². The Kier molecular flexibility index (Phi) is 5.72. The Balaban J connectivity index is 1.44. The summed E-state index contributed by atoms with van der Waals surface area (Å²) in [5.41, 5.74) is 10.7. The monoisotopic (exact) mass is 484 g/mol. The van der Waals surface area contributed by atoms with Crippen molar-refractivity contribution in [3.8, 4) is 11.4 Å². The molecule has 0 fully saturated rings. The highest BCUT2D eigenvalue weighted by atomic mass is 19.4. The van der Waals surface area contributed by atoms with E-state index in [9.17, 15) is 18.3 Å². The molecule has 4 N–H and O–H groups in total. The van der Waals surface area contributed by atoms with Crippen molar-refractivity contribution in [3.63, 3.8) is 0 Å². The fourth-order valence-corrected chi connectivity index (χ4v) is 4.63. The average molecular weight is 484 g/mol. The van der Waals surface area contributed by atoms with Gasteiger partial charge in [0.15, 0.2) is 5.82 Å². The van der Waals surface area contributed by atoms with E-state index >= 15 is 0 Å². The molecule has 8 nitrogen and oxygen atoms in total. The number of anilines is 2. The molecule has 3 heterocycles. The van der Waals surface area contributed by atoms with Crippen LogP contribution in [-0.4, -0.2) is 38.0 Å². The van der Waals surface area contributed by atoms with Gasteiger partial charge in [-0.2, -0.15) is 13.2 Å². The number of alkyl halides is 3. The maximum atomic E-state index is 12.9. The van der Waals surface area contributed by atoms with Gasteiger partial charge in [0.05, 0.1) is 18.3 Å². The first kappa shape index (κ1) is 22.9. The Morgan fingerprint density at radius 1 is 1.17 bits per heavy atom. The number of nitrogens with one attached hydrogen (secondary N) is 1. The number of aliphatic hydroxyl groups excluding tert-OH is 1. The Morgan fingerprint density at radius 2 is 2.00 bits per heavy atom. The van der Waals surface area contributed by atoms with E-state index in [-0.39, 0.29) is 6.42 Å². The lowest BCUT2D eigenvalue weighted by molar-refractivity contribution is -0.141. The van der Waals surface area contributed by atoms with Gasteiger partial charge in [-0.05, 0) is 54.7 Å². The molecule has 3 aromatic heterocycles. The molecule has 1 unspecified atom stereocenters. The van der Waals surface area contributed by atoms with E-state index < -0.39 is 18.1 Å². The van der Waals surface area contributed by atoms with E-state index in [0.29, 0.717) is 22.8 Å². The van der Waals surface area contributed by atoms with E-state index in [2.05, 4.69) is 20.3 Å². The van der Waals surface area contributed by atoms with Crippen molar-refractivity contribution >= 4 is 22.5 Å². The van der Waals surface area contributed by atoms with E-state index in [0.717, 1.165) is 53.9 Å². The minimum absolute atomic E-state index is 0.0554. The number of aryl methyl sites for hydroxylation is 1. The smallest absolute Gasteiger partial charge is 0.433 e. The number of benzene rings is 1. The molecule has 1 aliphatic carbocycles. The molecule has 0 spiro atoms. The summed E-state index contributed by atoms with van der Waals surface area (Å²) < 4.78 is 46.4. The standard InChI is InChI=1S/C24H23F3N6O2/c1-35-18-11-14(33-17-4-2-3-15(17)21-22(33)23(28)31-12-30-21)5-6-16(18)32-20(34)10-13-7-8-29-19(9-13)24(25,26)27/h5-9,11-12,20,32,34H,2-4,10H2,1H3,(H2,28,30,31). The van der Waals surface area contributed by atoms with Crippen molar-refractivity contribution in [1.29, 1.82) is 0 Å². The number of pyridine rings is 1. The van der Waals surface area contributed by atoms with Crippen molar-refractivity contribution in [2.45, 2.75) is 38.1 Å². The van der Waals surface area contributed by atoms with Crippen LogP contribution in [0.4, 0.5) is 24.7 Å². The molecule has 182 valence electrons. The molecule has 1 atom stereocenters. The number of aromatic nitrogens is 4. The predicted octanol–water partition coefficient (Wildman–Crippen LogP) is 3.89. The van der Waals surface area contributed by atoms with Crippen LogP contribution in [-0.2, 0) is 25.4 Å². The number of hydrogen-bond acceptors (Lipinski definition) is 7. The second kappa shape index (κ2) is 8.73. The number of nitrogens with two attached hydrogens (primary N) is 1. The van der Waals surface area contributed by atoms with Crippen LogP contribution in [0.25, 0.3) is 16.7 Å². The van der Waals surface area contributed by atoms with Gasteiger partial charge in [0.25, 0.3) is 0 Å². The van der Waals surface area contributed by atoms with Crippen molar-refractivity contribution in [1.82, 2.24) is 19.5 Å². The minimum atomic E-state index is -4.55. The summed E-state index contributed by atoms with van der Waals surface area (Å²) >= 11 is 0. The number of ether oxygens (including phenoxy) is 1. The summed E-state index contributed by atoms with van der Waals surface area (Å²) in [6.07, 6.45) is -0.380. The Morgan fingerprint density at radius 3 is 2.77 bits per heavy atom. The number of rotatable bonds is 6. The summed E-state index contributed by atoms with van der Waals surface area (Å²) in [6.45, 7) is 0. The SMILES string of the molecule is COc1cc(-n2c3c(c4ncnc(N)c42)CCC3)ccc1NC(O)Cc1ccnc(C(F)(F)F)c1. The van der Waals surface area contributed by atoms with Crippen molar-refractivity contribution in [3.05, 3.63) is 65.4 Å². The van der Waals surface area contributed by atoms with E-state index in [1.54, 1.807) is 6.07 Å². The number of hydrogen-bond donors (Lipinski definition) is 3. The largest absolute Gasteiger partial charge is 0.495 e. The van der Waals surface area contributed by atoms with Crippen LogP contribution < -0.4 is 15.8 Å². The number of nitrogens with zero attached hydrogens (tertiary/aromatic N) is 4. The number of fused-ring (bicyclic) bond motifs is 3. The molecule has 0 amide bonds. The summed E-state index contributed by atoms with van der Waals surface area (Å²) in [5.74, 6) is 0.841. The third-order valence-electron chi connectivity index (χ3n) is 6.13. The summed E-state index contributed by atoms with van der Waals surface area (Å²) in [7, 11) is 1.50. The van der Waals surface area contributed by atoms with Gasteiger partial charge >= 0.3 is 6.18 Å². The number of aliphatic hydroxyl groups is 1. The molecule has 5 rings (SSSR count). The number of nitrogen functional groups attached to an aromatic ring is 1. The molecule has 0 saturated heterocycles. The third-order valence-corrected chi connectivity index (χ3v) is 6.13. The van der Waals surface area contributed by atoms with Crippen LogP contribution in [0.5, 0.6) is 5.75 Å². The zero-order valence-electron chi connectivity index (χ0n) is 18.8. The van der Waals surface area contributed by atoms with Gasteiger partial charge in [-0.25, -0.2) is 9.97 Å². The van der Waals surface area contributed by atoms with Gasteiger partial charge in [0.1, 0.15) is 29.5 Å². The first-order valence-corrected chi connectivity index (χ1v) is 11.0. The van der Waals surface area contributed by atoms with Crippen molar-refractivity contribution in [2.75, 3.05) is 18.2 Å². The third kappa shape index (κ3) is 4.23. The molecular formula is C24H23F3N6O2. The van der Waals surface area contributed by atoms with Gasteiger partial charge < -0.3 is 25.5 Å². The average Bonchev–Trinajstić information content (AvgIpc) is 3.41. The molecule has 4 aromatic rings. The molecule has 0 radical (unpaired) electrons. The number of methoxy groups -OCH3 is 1. The minimum Gasteiger partial charge on any atom is -0.495 e. The normalized spacial score (nSPS) is 14.2. The fraction of sp³-hybridized carbons (Fsp3) is 0.292. The molecule has 1 aliphatic rings. The molecule has 1 aromatic carbocycles. The highest BCUT2D eigenvalue weighted by Gasteiger charge is 2.32. The highest BCUT2D eigenvalue weighted by molar-refractivity contribution is 5.91. The zero-order chi connectivity index (χ0) is 24.7. The first-order chi connectivity index (χ1) is 16.8.